The van der Waals surface area contributed by atoms with Gasteiger partial charge in [-0.1, -0.05) is 13.8 Å². The molecule has 0 aromatic heterocycles. The third kappa shape index (κ3) is 2.58. The van der Waals surface area contributed by atoms with Crippen LogP contribution in [0.4, 0.5) is 0 Å². The molecule has 4 N–H and O–H groups in total. The second-order valence-electron chi connectivity index (χ2n) is 6.41. The maximum Gasteiger partial charge on any atom is 0.241 e. The van der Waals surface area contributed by atoms with Gasteiger partial charge in [-0.15, -0.1) is 0 Å². The molecule has 2 aliphatic rings. The molecule has 0 aromatic rings. The molecule has 21 heavy (non-hydrogen) atoms. The number of carbonyl (C=O) groups is 1. The molecule has 1 amide bonds. The first-order valence-corrected chi connectivity index (χ1v) is 8.92. The standard InChI is InChI=1S/C13H25N3O4S/c1-12(2)10-9(5-4-7-20-10)13(12,14)11(17)16-6-8-21(18,19)15-3/h9-10,15H,4-8,14H2,1-3H3,(H,16,17). The Morgan fingerprint density at radius 3 is 2.71 bits per heavy atom. The molecule has 3 unspecified atom stereocenters. The number of carbonyl (C=O) groups excluding carboxylic acids is 1. The minimum atomic E-state index is -3.33. The summed E-state index contributed by atoms with van der Waals surface area (Å²) >= 11 is 0. The van der Waals surface area contributed by atoms with Crippen LogP contribution in [0.5, 0.6) is 0 Å². The van der Waals surface area contributed by atoms with E-state index in [0.29, 0.717) is 6.61 Å². The predicted octanol–water partition coefficient (Wildman–Crippen LogP) is -0.816. The van der Waals surface area contributed by atoms with E-state index < -0.39 is 21.0 Å². The van der Waals surface area contributed by atoms with Crippen LogP contribution in [0.1, 0.15) is 26.7 Å². The Bertz CT molecular complexity index is 520. The number of rotatable bonds is 5. The molecule has 1 aliphatic heterocycles. The molecule has 7 nitrogen and oxygen atoms in total. The fourth-order valence-corrected chi connectivity index (χ4v) is 4.16. The third-order valence-electron chi connectivity index (χ3n) is 5.03. The van der Waals surface area contributed by atoms with Crippen LogP contribution in [0, 0.1) is 11.3 Å². The highest BCUT2D eigenvalue weighted by molar-refractivity contribution is 7.89. The molecule has 0 spiro atoms. The van der Waals surface area contributed by atoms with Gasteiger partial charge in [-0.2, -0.15) is 0 Å². The quantitative estimate of drug-likeness (QED) is 0.613. The zero-order valence-electron chi connectivity index (χ0n) is 12.8. The summed E-state index contributed by atoms with van der Waals surface area (Å²) in [5, 5.41) is 2.67. The Hall–Kier alpha value is -0.700. The summed E-state index contributed by atoms with van der Waals surface area (Å²) in [6.45, 7) is 4.63. The molecule has 0 aromatic carbocycles. The van der Waals surface area contributed by atoms with Crippen molar-refractivity contribution >= 4 is 15.9 Å². The topological polar surface area (TPSA) is 111 Å². The van der Waals surface area contributed by atoms with E-state index in [0.717, 1.165) is 12.8 Å². The van der Waals surface area contributed by atoms with E-state index in [9.17, 15) is 13.2 Å². The Balaban J connectivity index is 2.01. The zero-order valence-corrected chi connectivity index (χ0v) is 13.6. The second kappa shape index (κ2) is 5.49. The summed E-state index contributed by atoms with van der Waals surface area (Å²) in [6, 6.07) is 0. The average Bonchev–Trinajstić information content (AvgIpc) is 2.46. The van der Waals surface area contributed by atoms with Gasteiger partial charge < -0.3 is 15.8 Å². The minimum absolute atomic E-state index is 0.00200. The summed E-state index contributed by atoms with van der Waals surface area (Å²) in [6.07, 6.45) is 1.77. The molecule has 2 rings (SSSR count). The highest BCUT2D eigenvalue weighted by atomic mass is 32.2. The Labute approximate surface area is 126 Å². The van der Waals surface area contributed by atoms with Gasteiger partial charge in [-0.05, 0) is 19.9 Å². The van der Waals surface area contributed by atoms with Gasteiger partial charge in [-0.3, -0.25) is 4.79 Å². The third-order valence-corrected chi connectivity index (χ3v) is 6.39. The molecule has 0 radical (unpaired) electrons. The molecular formula is C13H25N3O4S. The normalized spacial score (nSPS) is 34.7. The monoisotopic (exact) mass is 319 g/mol. The number of sulfonamides is 1. The summed E-state index contributed by atoms with van der Waals surface area (Å²) in [5.41, 5.74) is 4.95. The van der Waals surface area contributed by atoms with Crippen molar-refractivity contribution in [2.75, 3.05) is 26.0 Å². The van der Waals surface area contributed by atoms with Gasteiger partial charge in [0.1, 0.15) is 5.54 Å². The molecular weight excluding hydrogens is 294 g/mol. The van der Waals surface area contributed by atoms with Crippen molar-refractivity contribution in [1.29, 1.82) is 0 Å². The number of ether oxygens (including phenoxy) is 1. The van der Waals surface area contributed by atoms with E-state index in [-0.39, 0.29) is 30.2 Å². The molecule has 1 saturated carbocycles. The molecule has 3 atom stereocenters. The van der Waals surface area contributed by atoms with Crippen molar-refractivity contribution in [3.63, 3.8) is 0 Å². The van der Waals surface area contributed by atoms with Crippen LogP contribution in [0.25, 0.3) is 0 Å². The van der Waals surface area contributed by atoms with E-state index in [1.165, 1.54) is 7.05 Å². The van der Waals surface area contributed by atoms with E-state index >= 15 is 0 Å². The molecule has 1 heterocycles. The SMILES string of the molecule is CNS(=O)(=O)CCNC(=O)C1(N)C2CCCOC2C1(C)C. The fourth-order valence-electron chi connectivity index (χ4n) is 3.58. The lowest BCUT2D eigenvalue weighted by atomic mass is 9.46. The molecule has 1 saturated heterocycles. The van der Waals surface area contributed by atoms with Crippen LogP contribution >= 0.6 is 0 Å². The molecule has 122 valence electrons. The molecule has 0 bridgehead atoms. The Morgan fingerprint density at radius 2 is 2.10 bits per heavy atom. The van der Waals surface area contributed by atoms with E-state index in [2.05, 4.69) is 10.0 Å². The van der Waals surface area contributed by atoms with Gasteiger partial charge in [0.15, 0.2) is 0 Å². The summed E-state index contributed by atoms with van der Waals surface area (Å²) < 4.78 is 30.7. The first kappa shape index (κ1) is 16.7. The number of fused-ring (bicyclic) bond motifs is 1. The number of amides is 1. The summed E-state index contributed by atoms with van der Waals surface area (Å²) in [5.74, 6) is -0.441. The van der Waals surface area contributed by atoms with Gasteiger partial charge in [0, 0.05) is 24.5 Å². The molecule has 1 aliphatic carbocycles. The second-order valence-corrected chi connectivity index (χ2v) is 8.46. The van der Waals surface area contributed by atoms with Crippen LogP contribution in [0.3, 0.4) is 0 Å². The highest BCUT2D eigenvalue weighted by Crippen LogP contribution is 2.57. The lowest BCUT2D eigenvalue weighted by Crippen LogP contribution is -2.82. The molecule has 2 fully saturated rings. The van der Waals surface area contributed by atoms with Crippen LogP contribution in [-0.4, -0.2) is 51.9 Å². The lowest BCUT2D eigenvalue weighted by molar-refractivity contribution is -0.225. The van der Waals surface area contributed by atoms with Crippen molar-refractivity contribution in [3.8, 4) is 0 Å². The first-order chi connectivity index (χ1) is 9.67. The summed E-state index contributed by atoms with van der Waals surface area (Å²) in [4.78, 5) is 12.5. The number of nitrogens with one attached hydrogen (secondary N) is 2. The van der Waals surface area contributed by atoms with Crippen LogP contribution in [-0.2, 0) is 19.6 Å². The largest absolute Gasteiger partial charge is 0.377 e. The van der Waals surface area contributed by atoms with Gasteiger partial charge in [0.05, 0.1) is 11.9 Å². The number of hydrogen-bond acceptors (Lipinski definition) is 5. The first-order valence-electron chi connectivity index (χ1n) is 7.27. The fraction of sp³-hybridized carbons (Fsp3) is 0.923. The average molecular weight is 319 g/mol. The van der Waals surface area contributed by atoms with Crippen LogP contribution in [0.2, 0.25) is 0 Å². The smallest absolute Gasteiger partial charge is 0.241 e. The van der Waals surface area contributed by atoms with E-state index in [4.69, 9.17) is 10.5 Å². The zero-order chi connectivity index (χ0) is 15.9. The van der Waals surface area contributed by atoms with Crippen LogP contribution in [0.15, 0.2) is 0 Å². The number of hydrogen-bond donors (Lipinski definition) is 3. The van der Waals surface area contributed by atoms with Crippen molar-refractivity contribution in [3.05, 3.63) is 0 Å². The van der Waals surface area contributed by atoms with Gasteiger partial charge >= 0.3 is 0 Å². The number of nitrogens with two attached hydrogens (primary N) is 1. The predicted molar refractivity (Wildman–Crippen MR) is 79.0 cm³/mol. The minimum Gasteiger partial charge on any atom is -0.377 e. The summed E-state index contributed by atoms with van der Waals surface area (Å²) in [7, 11) is -1.98. The van der Waals surface area contributed by atoms with Crippen molar-refractivity contribution < 1.29 is 17.9 Å². The highest BCUT2D eigenvalue weighted by Gasteiger charge is 2.70. The van der Waals surface area contributed by atoms with Gasteiger partial charge in [0.25, 0.3) is 0 Å². The van der Waals surface area contributed by atoms with Crippen molar-refractivity contribution in [2.45, 2.75) is 38.3 Å². The van der Waals surface area contributed by atoms with E-state index in [1.807, 2.05) is 13.8 Å². The van der Waals surface area contributed by atoms with Crippen LogP contribution < -0.4 is 15.8 Å². The maximum absolute atomic E-state index is 12.5. The van der Waals surface area contributed by atoms with Crippen molar-refractivity contribution in [2.24, 2.45) is 17.1 Å². The Kier molecular flexibility index (Phi) is 4.36. The Morgan fingerprint density at radius 1 is 1.43 bits per heavy atom. The lowest BCUT2D eigenvalue weighted by Gasteiger charge is -2.65. The van der Waals surface area contributed by atoms with Gasteiger partial charge in [0.2, 0.25) is 15.9 Å². The molecule has 8 heteroatoms. The van der Waals surface area contributed by atoms with Crippen molar-refractivity contribution in [1.82, 2.24) is 10.0 Å². The van der Waals surface area contributed by atoms with Gasteiger partial charge in [-0.25, -0.2) is 13.1 Å². The van der Waals surface area contributed by atoms with E-state index in [1.54, 1.807) is 0 Å². The maximum atomic E-state index is 12.5.